The molecule has 40 nitrogen and oxygen atoms in total. The van der Waals surface area contributed by atoms with Gasteiger partial charge in [-0.1, -0.05) is 0 Å². The predicted molar refractivity (Wildman–Crippen MR) is 104 cm³/mol. The standard InChI is InChI=1S/10NO3.Th.U/c10*2-1(3)4;;/q10*-1;+4;. The quantitative estimate of drug-likeness (QED) is 0.180. The molecule has 0 atom stereocenters. The fourth-order valence-electron chi connectivity index (χ4n) is 0. The summed E-state index contributed by atoms with van der Waals surface area (Å²) in [5, 5.41) is 148. The van der Waals surface area contributed by atoms with Gasteiger partial charge in [-0.2, -0.15) is 0 Å². The molecule has 0 aromatic heterocycles. The smallest absolute Gasteiger partial charge is 0.356 e. The van der Waals surface area contributed by atoms with Crippen molar-refractivity contribution in [2.24, 2.45) is 0 Å². The maximum Gasteiger partial charge on any atom is 4.00 e. The van der Waals surface area contributed by atoms with Gasteiger partial charge in [0.1, 0.15) is 0 Å². The summed E-state index contributed by atoms with van der Waals surface area (Å²) in [6, 6.07) is 0. The predicted octanol–water partition coefficient (Wildman–Crippen LogP) is -2.39. The Hall–Kier alpha value is -5.62. The van der Waals surface area contributed by atoms with Gasteiger partial charge in [0.2, 0.25) is 0 Å². The molecule has 0 fully saturated rings. The van der Waals surface area contributed by atoms with Gasteiger partial charge in [0, 0.05) is 31.1 Å². The Balaban J connectivity index is -0.0000000237. The number of hydrogen-bond donors (Lipinski definition) is 0. The molecule has 0 aliphatic carbocycles. The molecular weight excluding hydrogens is 1090 g/mol. The van der Waals surface area contributed by atoms with Gasteiger partial charge in [0.25, 0.3) is 0 Å². The maximum atomic E-state index is 8.25. The first-order valence-electron chi connectivity index (χ1n) is 5.48. The first-order chi connectivity index (χ1) is 17.3. The molecule has 0 rings (SSSR count). The third-order valence-electron chi connectivity index (χ3n) is 0. The van der Waals surface area contributed by atoms with E-state index in [9.17, 15) is 0 Å². The second-order valence-electron chi connectivity index (χ2n) is 2.24. The molecule has 244 valence electrons. The SMILES string of the molecule is O=[N+]([O-])[O-].O=[N+]([O-])[O-].O=[N+]([O-])[O-].O=[N+]([O-])[O-].O=[N+]([O-])[O-].O=[N+]([O-])[O-].O=[N+]([O-])[O-].O=[N+]([O-])[O-].O=[N+]([O-])[O-].O=[N+]([O-])[O-].[Th+4].[U]. The Bertz CT molecular complexity index is 476. The van der Waals surface area contributed by atoms with Crippen molar-refractivity contribution in [1.82, 2.24) is 0 Å². The van der Waals surface area contributed by atoms with Crippen molar-refractivity contribution < 1.29 is 122 Å². The van der Waals surface area contributed by atoms with E-state index in [1.807, 2.05) is 0 Å². The van der Waals surface area contributed by atoms with Crippen LogP contribution in [0.3, 0.4) is 0 Å². The van der Waals surface area contributed by atoms with Crippen LogP contribution in [-0.4, -0.2) is 50.9 Å². The minimum Gasteiger partial charge on any atom is -0.356 e. The third-order valence-corrected chi connectivity index (χ3v) is 0. The van der Waals surface area contributed by atoms with E-state index in [1.54, 1.807) is 0 Å². The van der Waals surface area contributed by atoms with Crippen LogP contribution >= 0.6 is 0 Å². The first-order valence-corrected chi connectivity index (χ1v) is 5.48. The summed E-state index contributed by atoms with van der Waals surface area (Å²) in [6.45, 7) is 0. The van der Waals surface area contributed by atoms with Gasteiger partial charge in [0.05, 0.1) is 50.9 Å². The van der Waals surface area contributed by atoms with E-state index in [0.717, 1.165) is 0 Å². The number of rotatable bonds is 0. The fraction of sp³-hybridized carbons (Fsp3) is 0. The Morgan fingerprint density at radius 1 is 0.190 bits per heavy atom. The van der Waals surface area contributed by atoms with Crippen molar-refractivity contribution in [3.63, 3.8) is 0 Å². The Labute approximate surface area is 274 Å². The van der Waals surface area contributed by atoms with E-state index in [1.165, 1.54) is 0 Å². The summed E-state index contributed by atoms with van der Waals surface area (Å²) >= 11 is 0. The second kappa shape index (κ2) is 70.4. The average molecular weight is 1090 g/mol. The van der Waals surface area contributed by atoms with Crippen molar-refractivity contribution in [1.29, 1.82) is 0 Å². The van der Waals surface area contributed by atoms with Gasteiger partial charge >= 0.3 is 39.9 Å². The number of nitrogens with zero attached hydrogens (tertiary/aromatic N) is 10. The summed E-state index contributed by atoms with van der Waals surface area (Å²) in [4.78, 5) is 82.5. The monoisotopic (exact) mass is 1090 g/mol. The zero-order valence-electron chi connectivity index (χ0n) is 17.7. The molecule has 0 heterocycles. The van der Waals surface area contributed by atoms with E-state index >= 15 is 0 Å². The summed E-state index contributed by atoms with van der Waals surface area (Å²) < 4.78 is 0. The van der Waals surface area contributed by atoms with Gasteiger partial charge in [0.15, 0.2) is 0 Å². The van der Waals surface area contributed by atoms with Gasteiger partial charge < -0.3 is 153 Å². The molecule has 0 amide bonds. The molecule has 0 aliphatic rings. The molecule has 42 heavy (non-hydrogen) atoms. The van der Waals surface area contributed by atoms with Gasteiger partial charge in [-0.15, -0.1) is 0 Å². The van der Waals surface area contributed by atoms with Crippen LogP contribution in [0.1, 0.15) is 0 Å². The molecule has 0 saturated carbocycles. The topological polar surface area (TPSA) is 662 Å². The molecule has 0 unspecified atom stereocenters. The maximum absolute atomic E-state index is 8.25. The molecule has 0 spiro atoms. The summed E-state index contributed by atoms with van der Waals surface area (Å²) in [5.74, 6) is 0. The van der Waals surface area contributed by atoms with Crippen molar-refractivity contribution in [3.8, 4) is 0 Å². The largest absolute Gasteiger partial charge is 4.00 e. The molecule has 0 aliphatic heterocycles. The molecular formula is N10O30ThU-6. The summed E-state index contributed by atoms with van der Waals surface area (Å²) in [6.07, 6.45) is 0. The van der Waals surface area contributed by atoms with Gasteiger partial charge in [-0.3, -0.25) is 0 Å². The summed E-state index contributed by atoms with van der Waals surface area (Å²) in [5.41, 5.74) is 0. The second-order valence-corrected chi connectivity index (χ2v) is 2.24. The van der Waals surface area contributed by atoms with Crippen LogP contribution in [0.15, 0.2) is 0 Å². The van der Waals surface area contributed by atoms with E-state index in [-0.39, 0.29) is 71.1 Å². The van der Waals surface area contributed by atoms with Crippen molar-refractivity contribution in [2.75, 3.05) is 0 Å². The minimum absolute atomic E-state index is 0. The van der Waals surface area contributed by atoms with Crippen LogP contribution in [0, 0.1) is 224 Å². The minimum atomic E-state index is -1.75. The van der Waals surface area contributed by atoms with E-state index < -0.39 is 50.9 Å². The van der Waals surface area contributed by atoms with Crippen LogP contribution in [0.5, 0.6) is 0 Å². The zero-order chi connectivity index (χ0) is 35.8. The van der Waals surface area contributed by atoms with Gasteiger partial charge in [-0.25, -0.2) is 0 Å². The molecule has 0 aromatic rings. The van der Waals surface area contributed by atoms with E-state index in [2.05, 4.69) is 0 Å². The zero-order valence-corrected chi connectivity index (χ0v) is 26.0. The molecule has 0 radical (unpaired) electrons. The van der Waals surface area contributed by atoms with Crippen LogP contribution in [0.2, 0.25) is 0 Å². The summed E-state index contributed by atoms with van der Waals surface area (Å²) in [7, 11) is 0. The molecule has 0 saturated heterocycles. The Morgan fingerprint density at radius 3 is 0.190 bits per heavy atom. The molecule has 0 N–H and O–H groups in total. The van der Waals surface area contributed by atoms with Crippen molar-refractivity contribution >= 4 is 0 Å². The average Bonchev–Trinajstić information content (AvgIpc) is 2.47. The van der Waals surface area contributed by atoms with Crippen molar-refractivity contribution in [2.45, 2.75) is 0 Å². The molecule has 0 aromatic carbocycles. The Kier molecular flexibility index (Phi) is 128. The fourth-order valence-corrected chi connectivity index (χ4v) is 0. The third kappa shape index (κ3) is 1210. The van der Waals surface area contributed by atoms with Crippen LogP contribution in [0.25, 0.3) is 0 Å². The Morgan fingerprint density at radius 2 is 0.190 bits per heavy atom. The van der Waals surface area contributed by atoms with Crippen LogP contribution < -0.4 is 0 Å². The van der Waals surface area contributed by atoms with Crippen LogP contribution in [-0.2, 0) is 0 Å². The van der Waals surface area contributed by atoms with Gasteiger partial charge in [-0.05, 0) is 0 Å². The van der Waals surface area contributed by atoms with E-state index in [4.69, 9.17) is 153 Å². The molecule has 42 heteroatoms. The van der Waals surface area contributed by atoms with E-state index in [0.29, 0.717) is 0 Å². The molecule has 0 bridgehead atoms. The van der Waals surface area contributed by atoms with Crippen LogP contribution in [0.4, 0.5) is 0 Å². The first kappa shape index (κ1) is 76.6. The normalized spacial score (nSPS) is 5.71. The van der Waals surface area contributed by atoms with Crippen molar-refractivity contribution in [3.05, 3.63) is 153 Å². The number of hydrogen-bond acceptors (Lipinski definition) is 30.